The van der Waals surface area contributed by atoms with Crippen molar-refractivity contribution in [2.24, 2.45) is 0 Å². The van der Waals surface area contributed by atoms with Gasteiger partial charge in [0.2, 0.25) is 10.0 Å². The van der Waals surface area contributed by atoms with Crippen molar-refractivity contribution in [3.63, 3.8) is 0 Å². The van der Waals surface area contributed by atoms with Gasteiger partial charge in [-0.05, 0) is 36.4 Å². The van der Waals surface area contributed by atoms with E-state index in [0.29, 0.717) is 5.69 Å². The van der Waals surface area contributed by atoms with Crippen LogP contribution in [0.25, 0.3) is 0 Å². The molecule has 0 bridgehead atoms. The molecular weight excluding hydrogens is 394 g/mol. The molecule has 1 heterocycles. The van der Waals surface area contributed by atoms with E-state index in [-0.39, 0.29) is 22.2 Å². The Morgan fingerprint density at radius 1 is 1.22 bits per heavy atom. The van der Waals surface area contributed by atoms with Crippen molar-refractivity contribution in [3.8, 4) is 0 Å². The summed E-state index contributed by atoms with van der Waals surface area (Å²) in [5.74, 6) is -1.36. The molecule has 0 aliphatic carbocycles. The Bertz CT molecular complexity index is 945. The molecule has 0 saturated carbocycles. The van der Waals surface area contributed by atoms with E-state index >= 15 is 0 Å². The molecule has 27 heavy (non-hydrogen) atoms. The highest BCUT2D eigenvalue weighted by atomic mass is 35.5. The maximum Gasteiger partial charge on any atom is 0.338 e. The number of hydrogen-bond acceptors (Lipinski definition) is 6. The van der Waals surface area contributed by atoms with Gasteiger partial charge in [0.1, 0.15) is 0 Å². The maximum atomic E-state index is 12.0. The molecule has 2 aromatic rings. The zero-order valence-corrected chi connectivity index (χ0v) is 15.6. The molecule has 10 heteroatoms. The van der Waals surface area contributed by atoms with Gasteiger partial charge in [-0.15, -0.1) is 6.58 Å². The SMILES string of the molecule is C=CCNS(=O)(=O)c1ccc(C(=O)OCC(=O)Nc2cccnc2Cl)cc1. The number of nitrogens with one attached hydrogen (secondary N) is 2. The van der Waals surface area contributed by atoms with Crippen molar-refractivity contribution in [1.29, 1.82) is 0 Å². The molecule has 0 aliphatic heterocycles. The Morgan fingerprint density at radius 2 is 1.93 bits per heavy atom. The highest BCUT2D eigenvalue weighted by Crippen LogP contribution is 2.17. The van der Waals surface area contributed by atoms with Crippen LogP contribution >= 0.6 is 11.6 Å². The number of ether oxygens (including phenoxy) is 1. The third-order valence-electron chi connectivity index (χ3n) is 3.19. The Morgan fingerprint density at radius 3 is 2.56 bits per heavy atom. The van der Waals surface area contributed by atoms with Crippen molar-refractivity contribution >= 4 is 39.2 Å². The van der Waals surface area contributed by atoms with Crippen LogP contribution in [0.15, 0.2) is 60.1 Å². The molecule has 8 nitrogen and oxygen atoms in total. The summed E-state index contributed by atoms with van der Waals surface area (Å²) >= 11 is 5.82. The van der Waals surface area contributed by atoms with Crippen LogP contribution in [0.1, 0.15) is 10.4 Å². The number of carbonyl (C=O) groups excluding carboxylic acids is 2. The minimum Gasteiger partial charge on any atom is -0.452 e. The van der Waals surface area contributed by atoms with E-state index in [1.165, 1.54) is 36.5 Å². The molecule has 1 aromatic heterocycles. The third-order valence-corrected chi connectivity index (χ3v) is 4.93. The van der Waals surface area contributed by atoms with Crippen LogP contribution in [0.2, 0.25) is 5.15 Å². The number of sulfonamides is 1. The minimum absolute atomic E-state index is 0.00939. The van der Waals surface area contributed by atoms with Crippen molar-refractivity contribution in [2.75, 3.05) is 18.5 Å². The van der Waals surface area contributed by atoms with Gasteiger partial charge in [-0.25, -0.2) is 22.9 Å². The second kappa shape index (κ2) is 9.26. The number of esters is 1. The van der Waals surface area contributed by atoms with Crippen LogP contribution in [0.5, 0.6) is 0 Å². The number of aromatic nitrogens is 1. The monoisotopic (exact) mass is 409 g/mol. The number of anilines is 1. The molecule has 2 N–H and O–H groups in total. The second-order valence-corrected chi connectivity index (χ2v) is 7.26. The van der Waals surface area contributed by atoms with E-state index in [1.54, 1.807) is 12.1 Å². The molecule has 0 spiro atoms. The van der Waals surface area contributed by atoms with Gasteiger partial charge in [0.05, 0.1) is 16.1 Å². The number of halogens is 1. The quantitative estimate of drug-likeness (QED) is 0.391. The van der Waals surface area contributed by atoms with Crippen LogP contribution < -0.4 is 10.0 Å². The van der Waals surface area contributed by atoms with Crippen LogP contribution in [0, 0.1) is 0 Å². The fourth-order valence-electron chi connectivity index (χ4n) is 1.90. The lowest BCUT2D eigenvalue weighted by molar-refractivity contribution is -0.119. The molecule has 0 atom stereocenters. The van der Waals surface area contributed by atoms with Gasteiger partial charge in [-0.3, -0.25) is 4.79 Å². The van der Waals surface area contributed by atoms with Crippen LogP contribution in [0.3, 0.4) is 0 Å². The van der Waals surface area contributed by atoms with Crippen molar-refractivity contribution in [3.05, 3.63) is 66.0 Å². The Balaban J connectivity index is 1.93. The first-order chi connectivity index (χ1) is 12.8. The van der Waals surface area contributed by atoms with E-state index in [2.05, 4.69) is 21.6 Å². The number of amides is 1. The number of nitrogens with zero attached hydrogens (tertiary/aromatic N) is 1. The molecule has 1 amide bonds. The first-order valence-corrected chi connectivity index (χ1v) is 9.47. The van der Waals surface area contributed by atoms with Gasteiger partial charge < -0.3 is 10.1 Å². The summed E-state index contributed by atoms with van der Waals surface area (Å²) in [5, 5.41) is 2.57. The van der Waals surface area contributed by atoms with E-state index < -0.39 is 28.5 Å². The van der Waals surface area contributed by atoms with Gasteiger partial charge in [0.25, 0.3) is 5.91 Å². The van der Waals surface area contributed by atoms with Crippen LogP contribution in [-0.2, 0) is 19.6 Å². The lowest BCUT2D eigenvalue weighted by atomic mass is 10.2. The molecular formula is C17H16ClN3O5S. The van der Waals surface area contributed by atoms with Gasteiger partial charge in [0.15, 0.2) is 11.8 Å². The van der Waals surface area contributed by atoms with Crippen LogP contribution in [-0.4, -0.2) is 38.4 Å². The standard InChI is InChI=1S/C17H16ClN3O5S/c1-2-9-20-27(24,25)13-7-5-12(6-8-13)17(23)26-11-15(22)21-14-4-3-10-19-16(14)18/h2-8,10,20H,1,9,11H2,(H,21,22). The normalized spacial score (nSPS) is 10.9. The zero-order valence-electron chi connectivity index (χ0n) is 14.0. The van der Waals surface area contributed by atoms with Gasteiger partial charge in [-0.2, -0.15) is 0 Å². The van der Waals surface area contributed by atoms with Gasteiger partial charge >= 0.3 is 5.97 Å². The highest BCUT2D eigenvalue weighted by molar-refractivity contribution is 7.89. The van der Waals surface area contributed by atoms with Crippen molar-refractivity contribution < 1.29 is 22.7 Å². The van der Waals surface area contributed by atoms with E-state index in [1.807, 2.05) is 0 Å². The average Bonchev–Trinajstić information content (AvgIpc) is 2.66. The van der Waals surface area contributed by atoms with E-state index in [9.17, 15) is 18.0 Å². The molecule has 0 unspecified atom stereocenters. The zero-order chi connectivity index (χ0) is 19.9. The summed E-state index contributed by atoms with van der Waals surface area (Å²) in [4.78, 5) is 27.6. The number of carbonyl (C=O) groups is 2. The number of rotatable bonds is 8. The Hall–Kier alpha value is -2.75. The number of hydrogen-bond donors (Lipinski definition) is 2. The summed E-state index contributed by atoms with van der Waals surface area (Å²) in [5.41, 5.74) is 0.395. The predicted molar refractivity (Wildman–Crippen MR) is 100.0 cm³/mol. The first kappa shape index (κ1) is 20.6. The summed E-state index contributed by atoms with van der Waals surface area (Å²) in [7, 11) is -3.69. The number of pyridine rings is 1. The Kier molecular flexibility index (Phi) is 7.05. The van der Waals surface area contributed by atoms with E-state index in [0.717, 1.165) is 0 Å². The molecule has 2 rings (SSSR count). The third kappa shape index (κ3) is 5.88. The molecule has 0 saturated heterocycles. The maximum absolute atomic E-state index is 12.0. The van der Waals surface area contributed by atoms with Crippen LogP contribution in [0.4, 0.5) is 5.69 Å². The van der Waals surface area contributed by atoms with E-state index in [4.69, 9.17) is 16.3 Å². The summed E-state index contributed by atoms with van der Waals surface area (Å²) in [6, 6.07) is 8.25. The summed E-state index contributed by atoms with van der Waals surface area (Å²) in [6.45, 7) is 2.98. The smallest absolute Gasteiger partial charge is 0.338 e. The van der Waals surface area contributed by atoms with Crippen molar-refractivity contribution in [2.45, 2.75) is 4.90 Å². The molecule has 0 fully saturated rings. The largest absolute Gasteiger partial charge is 0.452 e. The molecule has 1 aromatic carbocycles. The van der Waals surface area contributed by atoms with Gasteiger partial charge in [-0.1, -0.05) is 17.7 Å². The summed E-state index contributed by atoms with van der Waals surface area (Å²) < 4.78 is 31.1. The Labute approximate surface area is 161 Å². The fourth-order valence-corrected chi connectivity index (χ4v) is 3.07. The fraction of sp³-hybridized carbons (Fsp3) is 0.118. The van der Waals surface area contributed by atoms with Gasteiger partial charge in [0, 0.05) is 12.7 Å². The summed E-state index contributed by atoms with van der Waals surface area (Å²) in [6.07, 6.45) is 2.88. The topological polar surface area (TPSA) is 114 Å². The lowest BCUT2D eigenvalue weighted by Crippen LogP contribution is -2.24. The first-order valence-electron chi connectivity index (χ1n) is 7.61. The molecule has 142 valence electrons. The average molecular weight is 410 g/mol. The number of benzene rings is 1. The molecule has 0 aliphatic rings. The second-order valence-electron chi connectivity index (χ2n) is 5.13. The minimum atomic E-state index is -3.69. The predicted octanol–water partition coefficient (Wildman–Crippen LogP) is 1.99. The van der Waals surface area contributed by atoms with Crippen molar-refractivity contribution in [1.82, 2.24) is 9.71 Å². The highest BCUT2D eigenvalue weighted by Gasteiger charge is 2.15. The molecule has 0 radical (unpaired) electrons. The lowest BCUT2D eigenvalue weighted by Gasteiger charge is -2.08.